The lowest BCUT2D eigenvalue weighted by molar-refractivity contribution is 0.581. The van der Waals surface area contributed by atoms with Gasteiger partial charge in [0.2, 0.25) is 10.0 Å². The smallest absolute Gasteiger partial charge is 0.225 e. The second-order valence-electron chi connectivity index (χ2n) is 6.00. The predicted octanol–water partition coefficient (Wildman–Crippen LogP) is 2.63. The van der Waals surface area contributed by atoms with E-state index in [1.165, 1.54) is 0 Å². The first-order chi connectivity index (χ1) is 8.48. The molecule has 0 fully saturated rings. The molecule has 1 rings (SSSR count). The van der Waals surface area contributed by atoms with E-state index in [0.717, 1.165) is 5.56 Å². The number of nitrogens with two attached hydrogens (primary N) is 1. The summed E-state index contributed by atoms with van der Waals surface area (Å²) in [5.41, 5.74) is 1.42. The van der Waals surface area contributed by atoms with E-state index in [-0.39, 0.29) is 16.2 Å². The fourth-order valence-electron chi connectivity index (χ4n) is 1.98. The molecule has 1 aromatic rings. The van der Waals surface area contributed by atoms with Crippen LogP contribution in [0.15, 0.2) is 17.0 Å². The first-order valence-corrected chi connectivity index (χ1v) is 7.64. The molecule has 0 aliphatic heterocycles. The van der Waals surface area contributed by atoms with Gasteiger partial charge in [0.05, 0.1) is 16.5 Å². The van der Waals surface area contributed by atoms with Crippen molar-refractivity contribution in [2.75, 3.05) is 0 Å². The molecule has 0 saturated heterocycles. The molecule has 1 aromatic carbocycles. The number of nitrogens with zero attached hydrogens (tertiary/aromatic N) is 1. The van der Waals surface area contributed by atoms with Crippen LogP contribution in [-0.2, 0) is 15.4 Å². The topological polar surface area (TPSA) is 83.9 Å². The fraction of sp³-hybridized carbons (Fsp3) is 0.500. The third kappa shape index (κ3) is 3.34. The maximum absolute atomic E-state index is 11.8. The number of rotatable bonds is 2. The number of hydrogen-bond acceptors (Lipinski definition) is 3. The molecular weight excluding hydrogens is 260 g/mol. The molecule has 2 N–H and O–H groups in total. The molecule has 0 bridgehead atoms. The monoisotopic (exact) mass is 280 g/mol. The van der Waals surface area contributed by atoms with Crippen molar-refractivity contribution in [1.29, 1.82) is 5.26 Å². The normalized spacial score (nSPS) is 12.5. The molecule has 0 heterocycles. The van der Waals surface area contributed by atoms with E-state index >= 15 is 0 Å². The minimum Gasteiger partial charge on any atom is -0.225 e. The Kier molecular flexibility index (Phi) is 4.08. The zero-order valence-electron chi connectivity index (χ0n) is 12.0. The van der Waals surface area contributed by atoms with Gasteiger partial charge >= 0.3 is 0 Å². The van der Waals surface area contributed by atoms with Gasteiger partial charge in [0.25, 0.3) is 0 Å². The average Bonchev–Trinajstić information content (AvgIpc) is 2.24. The second kappa shape index (κ2) is 4.95. The molecule has 0 saturated carbocycles. The minimum absolute atomic E-state index is 0.0616. The molecule has 0 aromatic heterocycles. The van der Waals surface area contributed by atoms with Crippen LogP contribution in [0.1, 0.15) is 57.2 Å². The summed E-state index contributed by atoms with van der Waals surface area (Å²) in [6, 6.07) is 5.42. The van der Waals surface area contributed by atoms with E-state index in [9.17, 15) is 13.7 Å². The van der Waals surface area contributed by atoms with Gasteiger partial charge in [-0.3, -0.25) is 0 Å². The average molecular weight is 280 g/mol. The molecule has 0 spiro atoms. The van der Waals surface area contributed by atoms with Gasteiger partial charge in [0, 0.05) is 0 Å². The van der Waals surface area contributed by atoms with Gasteiger partial charge < -0.3 is 0 Å². The lowest BCUT2D eigenvalue weighted by atomic mass is 9.84. The third-order valence-electron chi connectivity index (χ3n) is 3.01. The molecule has 0 amide bonds. The summed E-state index contributed by atoms with van der Waals surface area (Å²) in [5.74, 6) is -0.0861. The molecule has 19 heavy (non-hydrogen) atoms. The standard InChI is InChI=1S/C14H20N2O2S/c1-9(2)13-10(8-15)6-11(14(3,4)5)7-12(13)19(16,17)18/h6-7,9H,1-5H3,(H2,16,17,18). The Morgan fingerprint density at radius 3 is 2.11 bits per heavy atom. The SMILES string of the molecule is CC(C)c1c(C#N)cc(C(C)(C)C)cc1S(N)(=O)=O. The quantitative estimate of drug-likeness (QED) is 0.903. The lowest BCUT2D eigenvalue weighted by Crippen LogP contribution is -2.19. The summed E-state index contributed by atoms with van der Waals surface area (Å²) in [4.78, 5) is 0.0616. The van der Waals surface area contributed by atoms with Crippen molar-refractivity contribution in [3.63, 3.8) is 0 Å². The van der Waals surface area contributed by atoms with Gasteiger partial charge in [-0.05, 0) is 34.6 Å². The van der Waals surface area contributed by atoms with Crippen LogP contribution in [-0.4, -0.2) is 8.42 Å². The molecule has 5 heteroatoms. The minimum atomic E-state index is -3.84. The van der Waals surface area contributed by atoms with Crippen molar-refractivity contribution < 1.29 is 8.42 Å². The van der Waals surface area contributed by atoms with Gasteiger partial charge in [-0.15, -0.1) is 0 Å². The fourth-order valence-corrected chi connectivity index (χ4v) is 2.93. The number of benzene rings is 1. The van der Waals surface area contributed by atoms with Crippen LogP contribution in [0.5, 0.6) is 0 Å². The van der Waals surface area contributed by atoms with Crippen LogP contribution in [0.4, 0.5) is 0 Å². The first kappa shape index (κ1) is 15.7. The van der Waals surface area contributed by atoms with Gasteiger partial charge in [-0.1, -0.05) is 34.6 Å². The summed E-state index contributed by atoms with van der Waals surface area (Å²) in [7, 11) is -3.84. The molecule has 0 aliphatic rings. The zero-order chi connectivity index (χ0) is 15.0. The highest BCUT2D eigenvalue weighted by atomic mass is 32.2. The van der Waals surface area contributed by atoms with E-state index in [1.54, 1.807) is 12.1 Å². The van der Waals surface area contributed by atoms with Crippen molar-refractivity contribution in [2.45, 2.75) is 50.8 Å². The predicted molar refractivity (Wildman–Crippen MR) is 75.3 cm³/mol. The Morgan fingerprint density at radius 2 is 1.79 bits per heavy atom. The highest BCUT2D eigenvalue weighted by Crippen LogP contribution is 2.32. The van der Waals surface area contributed by atoms with Crippen molar-refractivity contribution >= 4 is 10.0 Å². The number of primary sulfonamides is 1. The largest absolute Gasteiger partial charge is 0.238 e. The van der Waals surface area contributed by atoms with E-state index in [0.29, 0.717) is 11.1 Å². The van der Waals surface area contributed by atoms with Crippen LogP contribution < -0.4 is 5.14 Å². The van der Waals surface area contributed by atoms with Crippen LogP contribution in [0.3, 0.4) is 0 Å². The van der Waals surface area contributed by atoms with Crippen molar-refractivity contribution in [3.05, 3.63) is 28.8 Å². The van der Waals surface area contributed by atoms with Gasteiger partial charge in [-0.2, -0.15) is 5.26 Å². The number of sulfonamides is 1. The van der Waals surface area contributed by atoms with E-state index in [1.807, 2.05) is 34.6 Å². The Hall–Kier alpha value is -1.38. The molecule has 0 radical (unpaired) electrons. The highest BCUT2D eigenvalue weighted by molar-refractivity contribution is 7.89. The summed E-state index contributed by atoms with van der Waals surface area (Å²) in [5, 5.41) is 14.6. The maximum Gasteiger partial charge on any atom is 0.238 e. The summed E-state index contributed by atoms with van der Waals surface area (Å²) in [6.45, 7) is 9.59. The van der Waals surface area contributed by atoms with Crippen LogP contribution >= 0.6 is 0 Å². The Morgan fingerprint density at radius 1 is 1.26 bits per heavy atom. The van der Waals surface area contributed by atoms with E-state index in [4.69, 9.17) is 5.14 Å². The highest BCUT2D eigenvalue weighted by Gasteiger charge is 2.24. The third-order valence-corrected chi connectivity index (χ3v) is 3.96. The van der Waals surface area contributed by atoms with Gasteiger partial charge in [-0.25, -0.2) is 13.6 Å². The van der Waals surface area contributed by atoms with Crippen LogP contribution in [0, 0.1) is 11.3 Å². The molecular formula is C14H20N2O2S. The molecule has 0 unspecified atom stereocenters. The Balaban J connectivity index is 3.82. The number of nitriles is 1. The molecule has 4 nitrogen and oxygen atoms in total. The summed E-state index contributed by atoms with van der Waals surface area (Å²) in [6.07, 6.45) is 0. The Bertz CT molecular complexity index is 633. The molecule has 0 atom stereocenters. The lowest BCUT2D eigenvalue weighted by Gasteiger charge is -2.23. The second-order valence-corrected chi connectivity index (χ2v) is 7.53. The van der Waals surface area contributed by atoms with Gasteiger partial charge in [0.15, 0.2) is 0 Å². The van der Waals surface area contributed by atoms with E-state index < -0.39 is 10.0 Å². The van der Waals surface area contributed by atoms with Crippen molar-refractivity contribution in [1.82, 2.24) is 0 Å². The van der Waals surface area contributed by atoms with Gasteiger partial charge in [0.1, 0.15) is 0 Å². The maximum atomic E-state index is 11.8. The van der Waals surface area contributed by atoms with E-state index in [2.05, 4.69) is 6.07 Å². The number of hydrogen-bond donors (Lipinski definition) is 1. The van der Waals surface area contributed by atoms with Crippen molar-refractivity contribution in [3.8, 4) is 6.07 Å². The summed E-state index contributed by atoms with van der Waals surface area (Å²) < 4.78 is 23.5. The van der Waals surface area contributed by atoms with Crippen molar-refractivity contribution in [2.24, 2.45) is 5.14 Å². The first-order valence-electron chi connectivity index (χ1n) is 6.09. The Labute approximate surface area is 115 Å². The van der Waals surface area contributed by atoms with Crippen LogP contribution in [0.25, 0.3) is 0 Å². The zero-order valence-corrected chi connectivity index (χ0v) is 12.8. The molecule has 104 valence electrons. The molecule has 0 aliphatic carbocycles. The summed E-state index contributed by atoms with van der Waals surface area (Å²) >= 11 is 0. The van der Waals surface area contributed by atoms with Crippen LogP contribution in [0.2, 0.25) is 0 Å².